The lowest BCUT2D eigenvalue weighted by molar-refractivity contribution is -0.120. The van der Waals surface area contributed by atoms with Gasteiger partial charge in [0.05, 0.1) is 24.5 Å². The second kappa shape index (κ2) is 10.9. The van der Waals surface area contributed by atoms with Crippen LogP contribution in [0.2, 0.25) is 0 Å². The molecule has 2 heterocycles. The number of imidazole rings is 1. The summed E-state index contributed by atoms with van der Waals surface area (Å²) in [7, 11) is 4.85. The van der Waals surface area contributed by atoms with Crippen molar-refractivity contribution >= 4 is 41.3 Å². The maximum Gasteiger partial charge on any atom is 0.276 e. The lowest BCUT2D eigenvalue weighted by Crippen LogP contribution is -2.38. The quantitative estimate of drug-likeness (QED) is 0.377. The summed E-state index contributed by atoms with van der Waals surface area (Å²) in [6.07, 6.45) is 3.34. The van der Waals surface area contributed by atoms with Gasteiger partial charge in [0, 0.05) is 0 Å². The number of nitrogens with zero attached hydrogens (tertiary/aromatic N) is 3. The van der Waals surface area contributed by atoms with Gasteiger partial charge in [0.15, 0.2) is 11.5 Å². The van der Waals surface area contributed by atoms with Gasteiger partial charge in [0.1, 0.15) is 22.9 Å². The molecule has 3 unspecified atom stereocenters. The number of benzene rings is 1. The molecule has 1 aliphatic carbocycles. The number of rotatable bonds is 8. The minimum atomic E-state index is -1.27. The van der Waals surface area contributed by atoms with Crippen LogP contribution in [0.25, 0.3) is 11.0 Å². The maximum absolute atomic E-state index is 15.3. The molecular formula is C23H30F2N6O3P2. The van der Waals surface area contributed by atoms with Gasteiger partial charge in [-0.1, -0.05) is 27.4 Å². The van der Waals surface area contributed by atoms with E-state index < -0.39 is 29.6 Å². The minimum absolute atomic E-state index is 0.0668. The van der Waals surface area contributed by atoms with Crippen LogP contribution < -0.4 is 10.6 Å². The number of nitrogens with one attached hydrogen (secondary N) is 3. The normalized spacial score (nSPS) is 21.8. The maximum atomic E-state index is 15.3. The molecule has 4 atom stereocenters. The summed E-state index contributed by atoms with van der Waals surface area (Å²) >= 11 is 0. The molecule has 1 saturated carbocycles. The lowest BCUT2D eigenvalue weighted by atomic mass is 9.78. The van der Waals surface area contributed by atoms with E-state index in [1.807, 2.05) is 9.24 Å². The van der Waals surface area contributed by atoms with Gasteiger partial charge in [0.25, 0.3) is 5.91 Å². The molecule has 1 aromatic carbocycles. The highest BCUT2D eigenvalue weighted by Crippen LogP contribution is 2.42. The van der Waals surface area contributed by atoms with Crippen molar-refractivity contribution < 1.29 is 23.0 Å². The Morgan fingerprint density at radius 3 is 2.67 bits per heavy atom. The van der Waals surface area contributed by atoms with E-state index in [0.29, 0.717) is 17.0 Å². The molecule has 36 heavy (non-hydrogen) atoms. The van der Waals surface area contributed by atoms with Crippen LogP contribution in [0.15, 0.2) is 16.8 Å². The standard InChI is InChI=1S/C23H30F2N6O3P2/c1-11-18(31-34-30-11)22(33)29-19(12-5-7-23(2,36)8-6-12)21-27-14-4-3-13(17(25)20(14)28-21)9-16(32)26-10-15(24)35/h3-4,12,15,19H,5-10,35-36H2,1-2H3,(H,26,32)(H,27,28)(H,29,33)/t12?,15?,19-,23?/m0/s1. The molecule has 0 saturated heterocycles. The summed E-state index contributed by atoms with van der Waals surface area (Å²) in [5.41, 5.74) is 1.13. The zero-order valence-electron chi connectivity index (χ0n) is 20.1. The molecule has 4 rings (SSSR count). The van der Waals surface area contributed by atoms with E-state index in [9.17, 15) is 14.0 Å². The topological polar surface area (TPSA) is 126 Å². The van der Waals surface area contributed by atoms with Gasteiger partial charge in [-0.05, 0) is 60.5 Å². The second-order valence-electron chi connectivity index (χ2n) is 9.69. The van der Waals surface area contributed by atoms with Crippen LogP contribution in [0.3, 0.4) is 0 Å². The Morgan fingerprint density at radius 2 is 2.03 bits per heavy atom. The van der Waals surface area contributed by atoms with Crippen LogP contribution in [0.1, 0.15) is 66.2 Å². The molecule has 0 spiro atoms. The zero-order valence-corrected chi connectivity index (χ0v) is 22.4. The molecule has 3 aromatic rings. The van der Waals surface area contributed by atoms with Gasteiger partial charge in [-0.2, -0.15) is 0 Å². The number of aryl methyl sites for hydroxylation is 1. The first-order valence-electron chi connectivity index (χ1n) is 11.8. The fourth-order valence-corrected chi connectivity index (χ4v) is 4.97. The number of aromatic nitrogens is 4. The number of carbonyl (C=O) groups is 2. The van der Waals surface area contributed by atoms with E-state index in [0.717, 1.165) is 25.7 Å². The Bertz CT molecular complexity index is 1250. The molecule has 0 aliphatic heterocycles. The van der Waals surface area contributed by atoms with E-state index in [4.69, 9.17) is 0 Å². The van der Waals surface area contributed by atoms with Crippen molar-refractivity contribution in [2.24, 2.45) is 5.92 Å². The third-order valence-electron chi connectivity index (χ3n) is 6.63. The minimum Gasteiger partial charge on any atom is -0.353 e. The predicted molar refractivity (Wildman–Crippen MR) is 137 cm³/mol. The molecule has 9 nitrogen and oxygen atoms in total. The summed E-state index contributed by atoms with van der Waals surface area (Å²) in [4.78, 5) is 32.7. The number of alkyl halides is 1. The highest BCUT2D eigenvalue weighted by Gasteiger charge is 2.35. The molecule has 1 fully saturated rings. The monoisotopic (exact) mass is 538 g/mol. The fraction of sp³-hybridized carbons (Fsp3) is 0.522. The number of amides is 2. The van der Waals surface area contributed by atoms with Gasteiger partial charge in [-0.3, -0.25) is 9.59 Å². The predicted octanol–water partition coefficient (Wildman–Crippen LogP) is 3.52. The van der Waals surface area contributed by atoms with E-state index in [-0.39, 0.29) is 40.8 Å². The van der Waals surface area contributed by atoms with Gasteiger partial charge in [-0.25, -0.2) is 18.4 Å². The number of hydrogen-bond donors (Lipinski definition) is 3. The third kappa shape index (κ3) is 6.06. The van der Waals surface area contributed by atoms with Gasteiger partial charge < -0.3 is 15.6 Å². The first-order valence-corrected chi connectivity index (χ1v) is 13.0. The van der Waals surface area contributed by atoms with Crippen molar-refractivity contribution in [1.29, 1.82) is 0 Å². The Labute approximate surface area is 211 Å². The van der Waals surface area contributed by atoms with Crippen LogP contribution in [0.4, 0.5) is 8.78 Å². The summed E-state index contributed by atoms with van der Waals surface area (Å²) in [5.74, 6) is -2.35. The van der Waals surface area contributed by atoms with E-state index in [1.165, 1.54) is 6.07 Å². The van der Waals surface area contributed by atoms with Crippen LogP contribution in [-0.2, 0) is 11.2 Å². The first kappa shape index (κ1) is 26.6. The highest BCUT2D eigenvalue weighted by molar-refractivity contribution is 7.18. The zero-order chi connectivity index (χ0) is 26.0. The smallest absolute Gasteiger partial charge is 0.276 e. The van der Waals surface area contributed by atoms with Gasteiger partial charge in [-0.15, -0.1) is 9.24 Å². The highest BCUT2D eigenvalue weighted by atomic mass is 31.0. The third-order valence-corrected chi connectivity index (χ3v) is 7.44. The Morgan fingerprint density at radius 1 is 1.31 bits per heavy atom. The number of aromatic amines is 1. The summed E-state index contributed by atoms with van der Waals surface area (Å²) in [6, 6.07) is 2.64. The van der Waals surface area contributed by atoms with Gasteiger partial charge >= 0.3 is 0 Å². The van der Waals surface area contributed by atoms with Crippen LogP contribution >= 0.6 is 18.5 Å². The second-order valence-corrected chi connectivity index (χ2v) is 11.8. The van der Waals surface area contributed by atoms with Crippen molar-refractivity contribution in [3.63, 3.8) is 0 Å². The molecule has 0 bridgehead atoms. The molecular weight excluding hydrogens is 508 g/mol. The lowest BCUT2D eigenvalue weighted by Gasteiger charge is -2.37. The van der Waals surface area contributed by atoms with Crippen molar-refractivity contribution in [2.75, 3.05) is 6.54 Å². The molecule has 194 valence electrons. The average molecular weight is 538 g/mol. The van der Waals surface area contributed by atoms with Crippen LogP contribution in [0, 0.1) is 18.7 Å². The SMILES string of the molecule is Cc1nonc1C(=O)N[C@H](c1nc2c(F)c(CC(=O)NCC(F)P)ccc2[nH]1)C1CCC(C)(P)CC1. The summed E-state index contributed by atoms with van der Waals surface area (Å²) in [5, 5.41) is 12.9. The molecule has 2 aromatic heterocycles. The van der Waals surface area contributed by atoms with Crippen molar-refractivity contribution in [1.82, 2.24) is 30.9 Å². The fourth-order valence-electron chi connectivity index (χ4n) is 4.52. The first-order chi connectivity index (χ1) is 17.0. The summed E-state index contributed by atoms with van der Waals surface area (Å²) < 4.78 is 33.0. The molecule has 0 radical (unpaired) electrons. The molecule has 3 N–H and O–H groups in total. The Hall–Kier alpha value is -2.51. The van der Waals surface area contributed by atoms with E-state index in [2.05, 4.69) is 51.7 Å². The molecule has 13 heteroatoms. The summed E-state index contributed by atoms with van der Waals surface area (Å²) in [6.45, 7) is 3.65. The van der Waals surface area contributed by atoms with Crippen molar-refractivity contribution in [2.45, 2.75) is 63.1 Å². The average Bonchev–Trinajstić information content (AvgIpc) is 3.45. The Balaban J connectivity index is 1.62. The number of H-pyrrole nitrogens is 1. The number of carbonyl (C=O) groups excluding carboxylic acids is 2. The van der Waals surface area contributed by atoms with Crippen LogP contribution in [0.5, 0.6) is 0 Å². The van der Waals surface area contributed by atoms with E-state index >= 15 is 4.39 Å². The number of halogens is 2. The Kier molecular flexibility index (Phi) is 8.00. The molecule has 2 amide bonds. The van der Waals surface area contributed by atoms with Crippen molar-refractivity contribution in [3.05, 3.63) is 40.7 Å². The van der Waals surface area contributed by atoms with E-state index in [1.54, 1.807) is 13.0 Å². The molecule has 1 aliphatic rings. The van der Waals surface area contributed by atoms with Crippen molar-refractivity contribution in [3.8, 4) is 0 Å². The van der Waals surface area contributed by atoms with Gasteiger partial charge in [0.2, 0.25) is 5.91 Å². The number of fused-ring (bicyclic) bond motifs is 1. The van der Waals surface area contributed by atoms with Crippen LogP contribution in [-0.4, -0.2) is 49.7 Å². The largest absolute Gasteiger partial charge is 0.353 e. The number of hydrogen-bond acceptors (Lipinski definition) is 6.